The van der Waals surface area contributed by atoms with E-state index in [-0.39, 0.29) is 12.0 Å². The molecule has 2 rings (SSSR count). The van der Waals surface area contributed by atoms with Crippen molar-refractivity contribution in [3.8, 4) is 5.75 Å². The van der Waals surface area contributed by atoms with Gasteiger partial charge in [-0.05, 0) is 18.2 Å². The molecule has 104 valence electrons. The minimum Gasteiger partial charge on any atom is -0.391 e. The molecule has 0 saturated carbocycles. The Bertz CT molecular complexity index is 703. The second-order valence-corrected chi connectivity index (χ2v) is 6.23. The molecular weight excluding hydrogens is 305 g/mol. The van der Waals surface area contributed by atoms with Crippen molar-refractivity contribution >= 4 is 31.5 Å². The first-order valence-electron chi connectivity index (χ1n) is 4.87. The van der Waals surface area contributed by atoms with Gasteiger partial charge in [-0.25, -0.2) is 0 Å². The maximum atomic E-state index is 12.2. The average molecular weight is 312 g/mol. The molecule has 2 aromatic rings. The number of thiophene rings is 1. The highest BCUT2D eigenvalue weighted by atomic mass is 32.2. The predicted molar refractivity (Wildman–Crippen MR) is 63.4 cm³/mol. The lowest BCUT2D eigenvalue weighted by Gasteiger charge is -2.09. The first kappa shape index (κ1) is 14.1. The van der Waals surface area contributed by atoms with E-state index < -0.39 is 21.4 Å². The van der Waals surface area contributed by atoms with Crippen LogP contribution in [0, 0.1) is 0 Å². The zero-order valence-corrected chi connectivity index (χ0v) is 10.8. The molecule has 0 fully saturated rings. The van der Waals surface area contributed by atoms with Crippen molar-refractivity contribution in [1.82, 2.24) is 0 Å². The number of benzene rings is 1. The van der Waals surface area contributed by atoms with Gasteiger partial charge in [-0.3, -0.25) is 0 Å². The molecule has 1 aromatic heterocycles. The Morgan fingerprint density at radius 1 is 1.32 bits per heavy atom. The van der Waals surface area contributed by atoms with Gasteiger partial charge < -0.3 is 9.29 Å². The molecule has 0 radical (unpaired) electrons. The Labute approximate surface area is 110 Å². The largest absolute Gasteiger partial charge is 0.534 e. The molecule has 0 spiro atoms. The zero-order valence-electron chi connectivity index (χ0n) is 9.14. The minimum absolute atomic E-state index is 0.212. The average Bonchev–Trinajstić information content (AvgIpc) is 2.71. The summed E-state index contributed by atoms with van der Waals surface area (Å²) in [7, 11) is -5.70. The zero-order chi connectivity index (χ0) is 14.3. The third kappa shape index (κ3) is 2.67. The Morgan fingerprint density at radius 2 is 2.00 bits per heavy atom. The summed E-state index contributed by atoms with van der Waals surface area (Å²) in [6.07, 6.45) is 0. The number of alkyl halides is 3. The number of aliphatic hydroxyl groups is 1. The molecule has 9 heteroatoms. The standard InChI is InChI=1S/C10H7F3O4S2/c11-10(12,13)19(15,16)17-8-2-1-3-9-7(8)4-6(5-14)18-9/h1-4,14H,5H2. The number of fused-ring (bicyclic) bond motifs is 1. The highest BCUT2D eigenvalue weighted by Crippen LogP contribution is 2.35. The molecule has 0 aliphatic carbocycles. The fraction of sp³-hybridized carbons (Fsp3) is 0.200. The van der Waals surface area contributed by atoms with Crippen LogP contribution in [0.25, 0.3) is 10.1 Å². The molecular formula is C10H7F3O4S2. The maximum absolute atomic E-state index is 12.2. The van der Waals surface area contributed by atoms with Crippen LogP contribution in [-0.2, 0) is 16.7 Å². The SMILES string of the molecule is O=S(=O)(Oc1cccc2sc(CO)cc12)C(F)(F)F. The summed E-state index contributed by atoms with van der Waals surface area (Å²) < 4.78 is 63.3. The van der Waals surface area contributed by atoms with Crippen LogP contribution in [0.2, 0.25) is 0 Å². The summed E-state index contributed by atoms with van der Waals surface area (Å²) in [5, 5.41) is 9.18. The van der Waals surface area contributed by atoms with E-state index in [2.05, 4.69) is 4.18 Å². The first-order valence-corrected chi connectivity index (χ1v) is 7.10. The summed E-state index contributed by atoms with van der Waals surface area (Å²) in [5.41, 5.74) is -5.48. The predicted octanol–water partition coefficient (Wildman–Crippen LogP) is 2.62. The van der Waals surface area contributed by atoms with Crippen LogP contribution >= 0.6 is 11.3 Å². The van der Waals surface area contributed by atoms with Crippen LogP contribution in [0.3, 0.4) is 0 Å². The number of aliphatic hydroxyl groups excluding tert-OH is 1. The van der Waals surface area contributed by atoms with Gasteiger partial charge in [0.25, 0.3) is 0 Å². The summed E-state index contributed by atoms with van der Waals surface area (Å²) in [5.74, 6) is -0.411. The minimum atomic E-state index is -5.70. The molecule has 19 heavy (non-hydrogen) atoms. The van der Waals surface area contributed by atoms with E-state index in [0.29, 0.717) is 9.58 Å². The van der Waals surface area contributed by atoms with Gasteiger partial charge in [0.15, 0.2) is 5.75 Å². The van der Waals surface area contributed by atoms with Crippen molar-refractivity contribution in [2.45, 2.75) is 12.1 Å². The van der Waals surface area contributed by atoms with Gasteiger partial charge >= 0.3 is 15.6 Å². The summed E-state index contributed by atoms with van der Waals surface area (Å²) >= 11 is 1.14. The van der Waals surface area contributed by atoms with E-state index in [0.717, 1.165) is 17.4 Å². The van der Waals surface area contributed by atoms with Crippen molar-refractivity contribution in [2.24, 2.45) is 0 Å². The van der Waals surface area contributed by atoms with Gasteiger partial charge in [0.05, 0.1) is 6.61 Å². The van der Waals surface area contributed by atoms with Gasteiger partial charge in [-0.1, -0.05) is 6.07 Å². The smallest absolute Gasteiger partial charge is 0.391 e. The van der Waals surface area contributed by atoms with E-state index in [9.17, 15) is 21.6 Å². The van der Waals surface area contributed by atoms with Crippen molar-refractivity contribution in [3.63, 3.8) is 0 Å². The number of halogens is 3. The lowest BCUT2D eigenvalue weighted by atomic mass is 10.2. The third-order valence-corrected chi connectivity index (χ3v) is 4.26. The molecule has 1 heterocycles. The molecule has 4 nitrogen and oxygen atoms in total. The Morgan fingerprint density at radius 3 is 2.58 bits per heavy atom. The first-order chi connectivity index (χ1) is 8.74. The number of rotatable bonds is 3. The molecule has 0 amide bonds. The normalized spacial score (nSPS) is 12.8. The molecule has 1 N–H and O–H groups in total. The topological polar surface area (TPSA) is 63.6 Å². The van der Waals surface area contributed by atoms with Crippen molar-refractivity contribution in [2.75, 3.05) is 0 Å². The molecule has 0 bridgehead atoms. The van der Waals surface area contributed by atoms with E-state index in [1.165, 1.54) is 12.1 Å². The Kier molecular flexibility index (Phi) is 3.45. The van der Waals surface area contributed by atoms with Gasteiger partial charge in [-0.15, -0.1) is 11.3 Å². The van der Waals surface area contributed by atoms with Crippen LogP contribution in [0.1, 0.15) is 4.88 Å². The molecule has 0 atom stereocenters. The van der Waals surface area contributed by atoms with E-state index in [1.807, 2.05) is 0 Å². The highest BCUT2D eigenvalue weighted by molar-refractivity contribution is 7.88. The van der Waals surface area contributed by atoms with E-state index in [1.54, 1.807) is 6.07 Å². The number of hydrogen-bond donors (Lipinski definition) is 1. The molecule has 0 aliphatic heterocycles. The van der Waals surface area contributed by atoms with Gasteiger partial charge in [0, 0.05) is 15.0 Å². The summed E-state index contributed by atoms with van der Waals surface area (Å²) in [6.45, 7) is -0.287. The van der Waals surface area contributed by atoms with Gasteiger partial charge in [-0.2, -0.15) is 21.6 Å². The maximum Gasteiger partial charge on any atom is 0.534 e. The lowest BCUT2D eigenvalue weighted by molar-refractivity contribution is -0.0499. The molecule has 1 aromatic carbocycles. The molecule has 0 unspecified atom stereocenters. The van der Waals surface area contributed by atoms with Gasteiger partial charge in [0.1, 0.15) is 0 Å². The third-order valence-electron chi connectivity index (χ3n) is 2.21. The van der Waals surface area contributed by atoms with Crippen molar-refractivity contribution in [3.05, 3.63) is 29.1 Å². The Hall–Kier alpha value is -1.32. The van der Waals surface area contributed by atoms with Crippen LogP contribution in [-0.4, -0.2) is 19.0 Å². The number of hydrogen-bond acceptors (Lipinski definition) is 5. The quantitative estimate of drug-likeness (QED) is 0.699. The fourth-order valence-corrected chi connectivity index (χ4v) is 2.82. The molecule has 0 aliphatic rings. The Balaban J connectivity index is 2.49. The van der Waals surface area contributed by atoms with E-state index in [4.69, 9.17) is 5.11 Å². The van der Waals surface area contributed by atoms with Crippen LogP contribution in [0.15, 0.2) is 24.3 Å². The molecule has 0 saturated heterocycles. The highest BCUT2D eigenvalue weighted by Gasteiger charge is 2.48. The second kappa shape index (κ2) is 4.66. The van der Waals surface area contributed by atoms with Gasteiger partial charge in [0.2, 0.25) is 0 Å². The van der Waals surface area contributed by atoms with Crippen LogP contribution in [0.4, 0.5) is 13.2 Å². The fourth-order valence-electron chi connectivity index (χ4n) is 1.40. The lowest BCUT2D eigenvalue weighted by Crippen LogP contribution is -2.28. The van der Waals surface area contributed by atoms with Crippen molar-refractivity contribution < 1.29 is 30.9 Å². The summed E-state index contributed by atoms with van der Waals surface area (Å²) in [6, 6.07) is 5.48. The van der Waals surface area contributed by atoms with Crippen molar-refractivity contribution in [1.29, 1.82) is 0 Å². The second-order valence-electron chi connectivity index (χ2n) is 3.52. The monoisotopic (exact) mass is 312 g/mol. The van der Waals surface area contributed by atoms with Crippen LogP contribution in [0.5, 0.6) is 5.75 Å². The van der Waals surface area contributed by atoms with Crippen LogP contribution < -0.4 is 4.18 Å². The summed E-state index contributed by atoms with van der Waals surface area (Å²) in [4.78, 5) is 0.496. The van der Waals surface area contributed by atoms with E-state index >= 15 is 0 Å².